The summed E-state index contributed by atoms with van der Waals surface area (Å²) < 4.78 is 18.8. The van der Waals surface area contributed by atoms with Crippen molar-refractivity contribution in [2.24, 2.45) is 0 Å². The van der Waals surface area contributed by atoms with Gasteiger partial charge in [-0.15, -0.1) is 0 Å². The zero-order valence-electron chi connectivity index (χ0n) is 15.7. The van der Waals surface area contributed by atoms with Crippen LogP contribution in [-0.2, 0) is 9.53 Å². The van der Waals surface area contributed by atoms with Crippen LogP contribution in [0.1, 0.15) is 29.7 Å². The summed E-state index contributed by atoms with van der Waals surface area (Å²) in [7, 11) is 1.33. The van der Waals surface area contributed by atoms with Crippen LogP contribution < -0.4 is 10.2 Å². The first kappa shape index (κ1) is 19.0. The van der Waals surface area contributed by atoms with Crippen LogP contribution in [0.15, 0.2) is 53.7 Å². The summed E-state index contributed by atoms with van der Waals surface area (Å²) in [6.07, 6.45) is 0. The van der Waals surface area contributed by atoms with E-state index in [0.717, 1.165) is 16.8 Å². The van der Waals surface area contributed by atoms with Crippen molar-refractivity contribution in [3.8, 4) is 0 Å². The molecule has 0 unspecified atom stereocenters. The third-order valence-electron chi connectivity index (χ3n) is 4.54. The smallest absolute Gasteiger partial charge is 0.337 e. The lowest BCUT2D eigenvalue weighted by atomic mass is 9.94. The molecule has 0 aliphatic carbocycles. The standard InChI is InChI=1S/C21H21FN2O2S/c1-12-8-13(2)10-17(9-12)24-14(3)18(20(25)26-4)19(23-21(24)27)15-6-5-7-16(22)11-15/h5-11,19H,1-4H3,(H,23,27)/t19-/m1/s1. The van der Waals surface area contributed by atoms with Crippen molar-refractivity contribution in [2.45, 2.75) is 26.8 Å². The van der Waals surface area contributed by atoms with E-state index in [-0.39, 0.29) is 5.82 Å². The minimum atomic E-state index is -0.581. The van der Waals surface area contributed by atoms with Gasteiger partial charge in [0, 0.05) is 11.4 Å². The monoisotopic (exact) mass is 384 g/mol. The third-order valence-corrected chi connectivity index (χ3v) is 4.84. The van der Waals surface area contributed by atoms with Crippen LogP contribution >= 0.6 is 12.2 Å². The number of ether oxygens (including phenoxy) is 1. The molecule has 0 radical (unpaired) electrons. The van der Waals surface area contributed by atoms with Gasteiger partial charge in [-0.1, -0.05) is 18.2 Å². The number of allylic oxidation sites excluding steroid dienone is 1. The van der Waals surface area contributed by atoms with Crippen molar-refractivity contribution in [2.75, 3.05) is 12.0 Å². The molecule has 0 saturated heterocycles. The highest BCUT2D eigenvalue weighted by molar-refractivity contribution is 7.80. The van der Waals surface area contributed by atoms with Crippen LogP contribution in [0.4, 0.5) is 10.1 Å². The number of aryl methyl sites for hydroxylation is 2. The van der Waals surface area contributed by atoms with E-state index in [1.54, 1.807) is 12.1 Å². The summed E-state index contributed by atoms with van der Waals surface area (Å²) in [5.41, 5.74) is 4.71. The van der Waals surface area contributed by atoms with Crippen molar-refractivity contribution >= 4 is 29.0 Å². The Morgan fingerprint density at radius 2 is 1.81 bits per heavy atom. The Labute approximate surface area is 163 Å². The van der Waals surface area contributed by atoms with Crippen LogP contribution in [0.5, 0.6) is 0 Å². The first-order valence-corrected chi connectivity index (χ1v) is 8.96. The van der Waals surface area contributed by atoms with Gasteiger partial charge in [-0.3, -0.25) is 4.90 Å². The molecule has 0 amide bonds. The summed E-state index contributed by atoms with van der Waals surface area (Å²) in [5.74, 6) is -0.857. The van der Waals surface area contributed by atoms with Gasteiger partial charge in [0.2, 0.25) is 0 Å². The largest absolute Gasteiger partial charge is 0.466 e. The maximum absolute atomic E-state index is 13.8. The lowest BCUT2D eigenvalue weighted by Gasteiger charge is -2.37. The fraction of sp³-hybridized carbons (Fsp3) is 0.238. The topological polar surface area (TPSA) is 41.6 Å². The number of nitrogens with one attached hydrogen (secondary N) is 1. The third kappa shape index (κ3) is 3.71. The van der Waals surface area contributed by atoms with E-state index in [2.05, 4.69) is 11.4 Å². The Bertz CT molecular complexity index is 935. The molecule has 27 heavy (non-hydrogen) atoms. The molecule has 1 N–H and O–H groups in total. The molecule has 2 aromatic carbocycles. The molecule has 0 fully saturated rings. The summed E-state index contributed by atoms with van der Waals surface area (Å²) in [4.78, 5) is 14.4. The van der Waals surface area contributed by atoms with Gasteiger partial charge in [-0.2, -0.15) is 0 Å². The van der Waals surface area contributed by atoms with Gasteiger partial charge in [-0.05, 0) is 73.9 Å². The number of rotatable bonds is 3. The molecule has 0 spiro atoms. The lowest BCUT2D eigenvalue weighted by Crippen LogP contribution is -2.48. The number of thiocarbonyl (C=S) groups is 1. The molecule has 1 aliphatic heterocycles. The summed E-state index contributed by atoms with van der Waals surface area (Å²) in [6.45, 7) is 5.84. The quantitative estimate of drug-likeness (QED) is 0.630. The number of carbonyl (C=O) groups excluding carboxylic acids is 1. The first-order chi connectivity index (χ1) is 12.8. The highest BCUT2D eigenvalue weighted by Crippen LogP contribution is 2.34. The van der Waals surface area contributed by atoms with E-state index >= 15 is 0 Å². The normalized spacial score (nSPS) is 17.0. The van der Waals surface area contributed by atoms with Crippen molar-refractivity contribution in [3.63, 3.8) is 0 Å². The minimum absolute atomic E-state index is 0.376. The number of hydrogen-bond donors (Lipinski definition) is 1. The fourth-order valence-corrected chi connectivity index (χ4v) is 3.80. The molecular formula is C21H21FN2O2S. The number of hydrogen-bond acceptors (Lipinski definition) is 3. The molecule has 0 saturated carbocycles. The molecule has 1 atom stereocenters. The van der Waals surface area contributed by atoms with E-state index in [9.17, 15) is 9.18 Å². The van der Waals surface area contributed by atoms with Gasteiger partial charge in [0.15, 0.2) is 5.11 Å². The Morgan fingerprint density at radius 3 is 2.41 bits per heavy atom. The van der Waals surface area contributed by atoms with E-state index in [1.165, 1.54) is 19.2 Å². The zero-order valence-corrected chi connectivity index (χ0v) is 16.5. The van der Waals surface area contributed by atoms with Crippen molar-refractivity contribution in [1.82, 2.24) is 5.32 Å². The average Bonchev–Trinajstić information content (AvgIpc) is 2.60. The second-order valence-corrected chi connectivity index (χ2v) is 7.00. The highest BCUT2D eigenvalue weighted by atomic mass is 32.1. The van der Waals surface area contributed by atoms with Gasteiger partial charge in [0.05, 0.1) is 18.7 Å². The Hall–Kier alpha value is -2.73. The van der Waals surface area contributed by atoms with Crippen LogP contribution in [0.2, 0.25) is 0 Å². The summed E-state index contributed by atoms with van der Waals surface area (Å²) in [5, 5.41) is 3.62. The number of benzene rings is 2. The predicted molar refractivity (Wildman–Crippen MR) is 108 cm³/mol. The van der Waals surface area contributed by atoms with Crippen molar-refractivity contribution in [1.29, 1.82) is 0 Å². The van der Waals surface area contributed by atoms with Gasteiger partial charge in [0.1, 0.15) is 5.82 Å². The van der Waals surface area contributed by atoms with E-state index in [1.807, 2.05) is 37.8 Å². The van der Waals surface area contributed by atoms with E-state index in [4.69, 9.17) is 17.0 Å². The molecule has 3 rings (SSSR count). The summed E-state index contributed by atoms with van der Waals surface area (Å²) in [6, 6.07) is 11.6. The number of methoxy groups -OCH3 is 1. The maximum Gasteiger partial charge on any atom is 0.337 e. The van der Waals surface area contributed by atoms with Crippen LogP contribution in [-0.4, -0.2) is 18.2 Å². The molecule has 6 heteroatoms. The minimum Gasteiger partial charge on any atom is -0.466 e. The Balaban J connectivity index is 2.17. The number of anilines is 1. The van der Waals surface area contributed by atoms with E-state index in [0.29, 0.717) is 21.9 Å². The van der Waals surface area contributed by atoms with Crippen LogP contribution in [0.25, 0.3) is 0 Å². The average molecular weight is 384 g/mol. The Kier molecular flexibility index (Phi) is 5.28. The SMILES string of the molecule is COC(=O)C1=C(C)N(c2cc(C)cc(C)c2)C(=S)N[C@@H]1c1cccc(F)c1. The van der Waals surface area contributed by atoms with Crippen LogP contribution in [0, 0.1) is 19.7 Å². The maximum atomic E-state index is 13.8. The van der Waals surface area contributed by atoms with Crippen molar-refractivity contribution in [3.05, 3.63) is 76.2 Å². The molecule has 140 valence electrons. The first-order valence-electron chi connectivity index (χ1n) is 8.55. The van der Waals surface area contributed by atoms with Gasteiger partial charge in [-0.25, -0.2) is 9.18 Å². The second-order valence-electron chi connectivity index (χ2n) is 6.61. The lowest BCUT2D eigenvalue weighted by molar-refractivity contribution is -0.136. The number of halogens is 1. The highest BCUT2D eigenvalue weighted by Gasteiger charge is 2.35. The fourth-order valence-electron chi connectivity index (χ4n) is 3.44. The molecule has 0 bridgehead atoms. The summed E-state index contributed by atoms with van der Waals surface area (Å²) >= 11 is 5.59. The van der Waals surface area contributed by atoms with Crippen molar-refractivity contribution < 1.29 is 13.9 Å². The van der Waals surface area contributed by atoms with E-state index < -0.39 is 12.0 Å². The molecule has 0 aromatic heterocycles. The number of nitrogens with zero attached hydrogens (tertiary/aromatic N) is 1. The number of esters is 1. The number of carbonyl (C=O) groups is 1. The molecule has 1 aliphatic rings. The van der Waals surface area contributed by atoms with Crippen LogP contribution in [0.3, 0.4) is 0 Å². The Morgan fingerprint density at radius 1 is 1.15 bits per heavy atom. The molecule has 2 aromatic rings. The molecule has 4 nitrogen and oxygen atoms in total. The second kappa shape index (κ2) is 7.48. The van der Waals surface area contributed by atoms with Gasteiger partial charge >= 0.3 is 5.97 Å². The van der Waals surface area contributed by atoms with Gasteiger partial charge < -0.3 is 10.1 Å². The molecule has 1 heterocycles. The zero-order chi connectivity index (χ0) is 19.7. The molecular weight excluding hydrogens is 363 g/mol. The van der Waals surface area contributed by atoms with Gasteiger partial charge in [0.25, 0.3) is 0 Å². The predicted octanol–water partition coefficient (Wildman–Crippen LogP) is 4.33.